The van der Waals surface area contributed by atoms with Gasteiger partial charge in [-0.1, -0.05) is 24.1 Å². The zero-order valence-electron chi connectivity index (χ0n) is 15.3. The Labute approximate surface area is 164 Å². The number of ether oxygens (including phenoxy) is 2. The highest BCUT2D eigenvalue weighted by molar-refractivity contribution is 6.34. The van der Waals surface area contributed by atoms with Gasteiger partial charge in [-0.3, -0.25) is 4.79 Å². The van der Waals surface area contributed by atoms with Crippen LogP contribution in [0, 0.1) is 0 Å². The molecule has 8 heteroatoms. The first kappa shape index (κ1) is 19.8. The first-order chi connectivity index (χ1) is 13.1. The number of nitrogens with zero attached hydrogens (tertiary/aromatic N) is 1. The minimum atomic E-state index is -0.465. The number of rotatable bonds is 5. The van der Waals surface area contributed by atoms with Gasteiger partial charge in [-0.25, -0.2) is 4.79 Å². The van der Waals surface area contributed by atoms with Gasteiger partial charge in [0.05, 0.1) is 29.6 Å². The average Bonchev–Trinajstić information content (AvgIpc) is 2.68. The maximum atomic E-state index is 12.2. The summed E-state index contributed by atoms with van der Waals surface area (Å²) in [7, 11) is 0. The van der Waals surface area contributed by atoms with Crippen molar-refractivity contribution in [1.82, 2.24) is 5.32 Å². The van der Waals surface area contributed by atoms with Crippen molar-refractivity contribution in [3.8, 4) is 0 Å². The van der Waals surface area contributed by atoms with Gasteiger partial charge < -0.3 is 25.0 Å². The molecular weight excluding hydrogens is 370 g/mol. The van der Waals surface area contributed by atoms with E-state index in [-0.39, 0.29) is 12.6 Å². The smallest absolute Gasteiger partial charge is 0.325 e. The molecule has 2 fully saturated rings. The topological polar surface area (TPSA) is 79.9 Å². The summed E-state index contributed by atoms with van der Waals surface area (Å²) in [5, 5.41) is 5.90. The number of carbonyl (C=O) groups is 2. The summed E-state index contributed by atoms with van der Waals surface area (Å²) >= 11 is 6.35. The van der Waals surface area contributed by atoms with E-state index in [1.807, 2.05) is 0 Å². The molecule has 1 heterocycles. The number of hydrogen-bond donors (Lipinski definition) is 2. The van der Waals surface area contributed by atoms with Gasteiger partial charge in [-0.05, 0) is 37.8 Å². The molecule has 0 aromatic heterocycles. The van der Waals surface area contributed by atoms with Crippen LogP contribution in [0.3, 0.4) is 0 Å². The van der Waals surface area contributed by atoms with Crippen LogP contribution in [0.2, 0.25) is 5.02 Å². The number of urea groups is 1. The van der Waals surface area contributed by atoms with Crippen molar-refractivity contribution < 1.29 is 19.1 Å². The van der Waals surface area contributed by atoms with Crippen LogP contribution in [0.1, 0.15) is 32.1 Å². The fourth-order valence-corrected chi connectivity index (χ4v) is 3.75. The largest absolute Gasteiger partial charge is 0.461 e. The summed E-state index contributed by atoms with van der Waals surface area (Å²) in [5.41, 5.74) is 1.37. The second-order valence-electron chi connectivity index (χ2n) is 6.79. The van der Waals surface area contributed by atoms with Gasteiger partial charge in [-0.2, -0.15) is 0 Å². The summed E-state index contributed by atoms with van der Waals surface area (Å²) in [6, 6.07) is 4.89. The van der Waals surface area contributed by atoms with Gasteiger partial charge in [0.2, 0.25) is 0 Å². The van der Waals surface area contributed by atoms with Crippen LogP contribution in [0.25, 0.3) is 0 Å². The maximum Gasteiger partial charge on any atom is 0.325 e. The van der Waals surface area contributed by atoms with Gasteiger partial charge >= 0.3 is 12.0 Å². The Morgan fingerprint density at radius 3 is 2.67 bits per heavy atom. The van der Waals surface area contributed by atoms with Gasteiger partial charge in [0.15, 0.2) is 0 Å². The fourth-order valence-electron chi connectivity index (χ4n) is 3.45. The van der Waals surface area contributed by atoms with E-state index < -0.39 is 12.0 Å². The molecule has 1 aromatic carbocycles. The Morgan fingerprint density at radius 1 is 1.19 bits per heavy atom. The monoisotopic (exact) mass is 395 g/mol. The standard InChI is InChI=1S/C19H26ClN3O4/c20-15-7-4-8-16(18(15)23-9-11-26-12-10-23)22-19(25)21-13-17(24)27-14-5-2-1-3-6-14/h4,7-8,14H,1-3,5-6,9-13H2,(H2,21,22,25). The van der Waals surface area contributed by atoms with Crippen LogP contribution in [-0.4, -0.2) is 51.0 Å². The zero-order valence-corrected chi connectivity index (χ0v) is 16.1. The van der Waals surface area contributed by atoms with E-state index in [1.165, 1.54) is 6.42 Å². The molecule has 1 aromatic rings. The number of hydrogen-bond acceptors (Lipinski definition) is 5. The molecular formula is C19H26ClN3O4. The second kappa shape index (κ2) is 9.80. The predicted molar refractivity (Wildman–Crippen MR) is 104 cm³/mol. The number of para-hydroxylation sites is 1. The number of carbonyl (C=O) groups excluding carboxylic acids is 2. The van der Waals surface area contributed by atoms with Crippen LogP contribution in [0.5, 0.6) is 0 Å². The fraction of sp³-hybridized carbons (Fsp3) is 0.579. The SMILES string of the molecule is O=C(NCC(=O)OC1CCCCC1)Nc1cccc(Cl)c1N1CCOCC1. The number of benzene rings is 1. The summed E-state index contributed by atoms with van der Waals surface area (Å²) in [5.74, 6) is -0.406. The Balaban J connectivity index is 1.53. The lowest BCUT2D eigenvalue weighted by Crippen LogP contribution is -2.38. The van der Waals surface area contributed by atoms with Crippen LogP contribution in [0.4, 0.5) is 16.2 Å². The summed E-state index contributed by atoms with van der Waals surface area (Å²) < 4.78 is 10.8. The minimum absolute atomic E-state index is 0.0167. The highest BCUT2D eigenvalue weighted by Crippen LogP contribution is 2.34. The van der Waals surface area contributed by atoms with Crippen molar-refractivity contribution in [1.29, 1.82) is 0 Å². The van der Waals surface area contributed by atoms with E-state index in [1.54, 1.807) is 18.2 Å². The molecule has 1 saturated heterocycles. The molecule has 1 aliphatic carbocycles. The lowest BCUT2D eigenvalue weighted by atomic mass is 9.98. The number of nitrogens with one attached hydrogen (secondary N) is 2. The van der Waals surface area contributed by atoms with Crippen LogP contribution < -0.4 is 15.5 Å². The molecule has 0 bridgehead atoms. The highest BCUT2D eigenvalue weighted by atomic mass is 35.5. The number of halogens is 1. The Morgan fingerprint density at radius 2 is 1.93 bits per heavy atom. The molecule has 27 heavy (non-hydrogen) atoms. The quantitative estimate of drug-likeness (QED) is 0.748. The van der Waals surface area contributed by atoms with Crippen molar-refractivity contribution >= 4 is 35.0 Å². The molecule has 1 saturated carbocycles. The van der Waals surface area contributed by atoms with Crippen molar-refractivity contribution in [3.63, 3.8) is 0 Å². The predicted octanol–water partition coefficient (Wildman–Crippen LogP) is 3.17. The van der Waals surface area contributed by atoms with Gasteiger partial charge in [0, 0.05) is 13.1 Å². The third-order valence-electron chi connectivity index (χ3n) is 4.81. The molecule has 0 spiro atoms. The first-order valence-corrected chi connectivity index (χ1v) is 9.87. The Kier molecular flexibility index (Phi) is 7.18. The van der Waals surface area contributed by atoms with E-state index in [2.05, 4.69) is 15.5 Å². The maximum absolute atomic E-state index is 12.2. The number of morpholine rings is 1. The molecule has 2 aliphatic rings. The number of esters is 1. The van der Waals surface area contributed by atoms with Crippen LogP contribution in [0.15, 0.2) is 18.2 Å². The number of amides is 2. The summed E-state index contributed by atoms with van der Waals surface area (Å²) in [6.07, 6.45) is 5.17. The summed E-state index contributed by atoms with van der Waals surface area (Å²) in [4.78, 5) is 26.2. The normalized spacial score (nSPS) is 18.0. The van der Waals surface area contributed by atoms with Gasteiger partial charge in [0.1, 0.15) is 12.6 Å². The van der Waals surface area contributed by atoms with E-state index in [4.69, 9.17) is 21.1 Å². The van der Waals surface area contributed by atoms with E-state index in [0.717, 1.165) is 31.4 Å². The second-order valence-corrected chi connectivity index (χ2v) is 7.20. The third kappa shape index (κ3) is 5.74. The molecule has 7 nitrogen and oxygen atoms in total. The molecule has 0 unspecified atom stereocenters. The third-order valence-corrected chi connectivity index (χ3v) is 5.11. The minimum Gasteiger partial charge on any atom is -0.461 e. The molecule has 2 N–H and O–H groups in total. The van der Waals surface area contributed by atoms with Crippen molar-refractivity contribution in [2.24, 2.45) is 0 Å². The molecule has 1 aliphatic heterocycles. The van der Waals surface area contributed by atoms with Crippen LogP contribution in [-0.2, 0) is 14.3 Å². The molecule has 0 radical (unpaired) electrons. The Hall–Kier alpha value is -1.99. The van der Waals surface area contributed by atoms with Crippen molar-refractivity contribution in [2.75, 3.05) is 43.1 Å². The van der Waals surface area contributed by atoms with Crippen molar-refractivity contribution in [3.05, 3.63) is 23.2 Å². The molecule has 2 amide bonds. The van der Waals surface area contributed by atoms with E-state index in [9.17, 15) is 9.59 Å². The lowest BCUT2D eigenvalue weighted by Gasteiger charge is -2.31. The molecule has 148 valence electrons. The number of anilines is 2. The Bertz CT molecular complexity index is 658. The molecule has 0 atom stereocenters. The van der Waals surface area contributed by atoms with Gasteiger partial charge in [-0.15, -0.1) is 0 Å². The summed E-state index contributed by atoms with van der Waals surface area (Å²) in [6.45, 7) is 2.48. The van der Waals surface area contributed by atoms with E-state index in [0.29, 0.717) is 37.0 Å². The highest BCUT2D eigenvalue weighted by Gasteiger charge is 2.20. The lowest BCUT2D eigenvalue weighted by molar-refractivity contribution is -0.149. The first-order valence-electron chi connectivity index (χ1n) is 9.49. The van der Waals surface area contributed by atoms with E-state index >= 15 is 0 Å². The van der Waals surface area contributed by atoms with Gasteiger partial charge in [0.25, 0.3) is 0 Å². The average molecular weight is 396 g/mol. The molecule has 3 rings (SSSR count). The zero-order chi connectivity index (χ0) is 19.1. The van der Waals surface area contributed by atoms with Crippen molar-refractivity contribution in [2.45, 2.75) is 38.2 Å². The van der Waals surface area contributed by atoms with Crippen LogP contribution >= 0.6 is 11.6 Å².